The number of fused-ring (bicyclic) bond motifs is 2. The van der Waals surface area contributed by atoms with E-state index in [1.165, 1.54) is 18.1 Å². The maximum absolute atomic E-state index is 14.5. The van der Waals surface area contributed by atoms with Crippen LogP contribution in [0.3, 0.4) is 0 Å². The minimum atomic E-state index is -0.436. The van der Waals surface area contributed by atoms with Gasteiger partial charge in [-0.25, -0.2) is 14.4 Å². The highest BCUT2D eigenvalue weighted by atomic mass is 79.9. The quantitative estimate of drug-likeness (QED) is 0.273. The highest BCUT2D eigenvalue weighted by Gasteiger charge is 2.25. The Morgan fingerprint density at radius 2 is 2.14 bits per heavy atom. The monoisotopic (exact) mass is 565 g/mol. The zero-order chi connectivity index (χ0) is 25.5. The predicted molar refractivity (Wildman–Crippen MR) is 133 cm³/mol. The molecular weight excluding hydrogens is 545 g/mol. The lowest BCUT2D eigenvalue weighted by Crippen LogP contribution is -2.22. The largest absolute Gasteiger partial charge is 0.463 e. The van der Waals surface area contributed by atoms with Crippen molar-refractivity contribution in [2.75, 3.05) is 0 Å². The molecule has 1 aliphatic rings. The molecule has 1 amide bonds. The van der Waals surface area contributed by atoms with Gasteiger partial charge in [-0.1, -0.05) is 0 Å². The summed E-state index contributed by atoms with van der Waals surface area (Å²) in [4.78, 5) is 32.4. The second-order valence-electron chi connectivity index (χ2n) is 8.98. The molecule has 5 aromatic heterocycles. The Kier molecular flexibility index (Phi) is 5.95. The summed E-state index contributed by atoms with van der Waals surface area (Å²) in [5.74, 6) is -0.245. The number of hydrogen-bond donors (Lipinski definition) is 1. The lowest BCUT2D eigenvalue weighted by Gasteiger charge is -2.06. The molecule has 6 rings (SSSR count). The molecule has 0 spiro atoms. The van der Waals surface area contributed by atoms with Gasteiger partial charge in [-0.05, 0) is 52.4 Å². The number of amides is 1. The number of hydrogen-bond acceptors (Lipinski definition) is 6. The van der Waals surface area contributed by atoms with E-state index in [1.807, 2.05) is 10.6 Å². The SMILES string of the molecule is O=COCc1cc(C2CC2)cn2cc(Cn3cc(C(=O)NCc4ncn5ccc(Br)c(F)c45)cn3)nc12. The van der Waals surface area contributed by atoms with Crippen LogP contribution in [0.25, 0.3) is 11.2 Å². The molecule has 0 saturated heterocycles. The van der Waals surface area contributed by atoms with Gasteiger partial charge in [-0.3, -0.25) is 14.3 Å². The van der Waals surface area contributed by atoms with Crippen molar-refractivity contribution >= 4 is 39.5 Å². The number of carbonyl (C=O) groups is 2. The molecule has 0 aromatic carbocycles. The van der Waals surface area contributed by atoms with Crippen LogP contribution < -0.4 is 5.32 Å². The van der Waals surface area contributed by atoms with Gasteiger partial charge >= 0.3 is 0 Å². The molecule has 37 heavy (non-hydrogen) atoms. The second-order valence-corrected chi connectivity index (χ2v) is 9.83. The van der Waals surface area contributed by atoms with E-state index in [0.29, 0.717) is 40.2 Å². The molecule has 0 radical (unpaired) electrons. The highest BCUT2D eigenvalue weighted by Crippen LogP contribution is 2.40. The zero-order valence-electron chi connectivity index (χ0n) is 19.5. The Morgan fingerprint density at radius 3 is 2.95 bits per heavy atom. The first kappa shape index (κ1) is 23.3. The smallest absolute Gasteiger partial charge is 0.293 e. The Morgan fingerprint density at radius 1 is 1.27 bits per heavy atom. The van der Waals surface area contributed by atoms with Crippen LogP contribution in [0.4, 0.5) is 4.39 Å². The van der Waals surface area contributed by atoms with Gasteiger partial charge in [-0.2, -0.15) is 5.10 Å². The average Bonchev–Trinajstić information content (AvgIpc) is 3.30. The average molecular weight is 566 g/mol. The number of nitrogens with zero attached hydrogens (tertiary/aromatic N) is 6. The Bertz CT molecular complexity index is 1650. The maximum Gasteiger partial charge on any atom is 0.293 e. The topological polar surface area (TPSA) is 108 Å². The van der Waals surface area contributed by atoms with Gasteiger partial charge in [0.05, 0.1) is 47.0 Å². The number of ether oxygens (including phenoxy) is 1. The van der Waals surface area contributed by atoms with Gasteiger partial charge < -0.3 is 18.9 Å². The first-order valence-electron chi connectivity index (χ1n) is 11.7. The molecule has 5 heterocycles. The van der Waals surface area contributed by atoms with Crippen LogP contribution in [0.1, 0.15) is 51.6 Å². The van der Waals surface area contributed by atoms with Crippen LogP contribution in [0.2, 0.25) is 0 Å². The maximum atomic E-state index is 14.5. The second kappa shape index (κ2) is 9.43. The van der Waals surface area contributed by atoms with E-state index in [4.69, 9.17) is 9.72 Å². The van der Waals surface area contributed by atoms with Crippen LogP contribution in [-0.4, -0.2) is 40.9 Å². The summed E-state index contributed by atoms with van der Waals surface area (Å²) >= 11 is 3.18. The molecule has 5 aromatic rings. The standard InChI is InChI=1S/C25H21BrFN7O3/c26-20-3-4-32-13-29-21(23(32)22(20)27)7-28-25(36)18-6-30-34(9-18)11-19-10-33-8-16(15-1-2-15)5-17(12-37-14-35)24(33)31-19/h3-6,8-10,13-15H,1-2,7,11-12H2,(H,28,36). The van der Waals surface area contributed by atoms with Crippen molar-refractivity contribution in [2.45, 2.75) is 38.5 Å². The molecule has 1 saturated carbocycles. The first-order valence-corrected chi connectivity index (χ1v) is 12.5. The number of imidazole rings is 2. The van der Waals surface area contributed by atoms with Crippen molar-refractivity contribution in [2.24, 2.45) is 0 Å². The van der Waals surface area contributed by atoms with Crippen molar-refractivity contribution in [1.29, 1.82) is 0 Å². The number of halogens is 2. The van der Waals surface area contributed by atoms with Gasteiger partial charge in [0.15, 0.2) is 5.82 Å². The summed E-state index contributed by atoms with van der Waals surface area (Å²) in [6.45, 7) is 1.01. The molecule has 0 aliphatic heterocycles. The van der Waals surface area contributed by atoms with Crippen molar-refractivity contribution in [3.8, 4) is 0 Å². The normalized spacial score (nSPS) is 13.4. The third kappa shape index (κ3) is 4.59. The van der Waals surface area contributed by atoms with Crippen LogP contribution in [0.15, 0.2) is 53.9 Å². The summed E-state index contributed by atoms with van der Waals surface area (Å²) in [5, 5.41) is 7.08. The molecule has 12 heteroatoms. The number of pyridine rings is 2. The summed E-state index contributed by atoms with van der Waals surface area (Å²) in [6.07, 6.45) is 12.6. The molecule has 0 bridgehead atoms. The molecule has 1 fully saturated rings. The van der Waals surface area contributed by atoms with Gasteiger partial charge in [0.25, 0.3) is 12.4 Å². The summed E-state index contributed by atoms with van der Waals surface area (Å²) in [7, 11) is 0. The van der Waals surface area contributed by atoms with Crippen LogP contribution in [0, 0.1) is 5.82 Å². The number of carbonyl (C=O) groups excluding carboxylic acids is 2. The van der Waals surface area contributed by atoms with Gasteiger partial charge in [-0.15, -0.1) is 0 Å². The van der Waals surface area contributed by atoms with Gasteiger partial charge in [0.1, 0.15) is 17.8 Å². The van der Waals surface area contributed by atoms with Crippen molar-refractivity contribution in [1.82, 2.24) is 33.9 Å². The van der Waals surface area contributed by atoms with E-state index in [-0.39, 0.29) is 19.1 Å². The number of aromatic nitrogens is 6. The molecule has 1 aliphatic carbocycles. The molecule has 10 nitrogen and oxygen atoms in total. The fourth-order valence-corrected chi connectivity index (χ4v) is 4.71. The van der Waals surface area contributed by atoms with Crippen LogP contribution in [-0.2, 0) is 29.2 Å². The molecule has 1 N–H and O–H groups in total. The van der Waals surface area contributed by atoms with Crippen LogP contribution >= 0.6 is 15.9 Å². The van der Waals surface area contributed by atoms with E-state index < -0.39 is 5.82 Å². The summed E-state index contributed by atoms with van der Waals surface area (Å²) in [6, 6.07) is 3.65. The Hall–Kier alpha value is -4.06. The Labute approximate surface area is 218 Å². The highest BCUT2D eigenvalue weighted by molar-refractivity contribution is 9.10. The van der Waals surface area contributed by atoms with E-state index >= 15 is 0 Å². The lowest BCUT2D eigenvalue weighted by molar-refractivity contribution is -0.129. The van der Waals surface area contributed by atoms with Crippen molar-refractivity contribution in [3.63, 3.8) is 0 Å². The fraction of sp³-hybridized carbons (Fsp3) is 0.240. The summed E-state index contributed by atoms with van der Waals surface area (Å²) in [5.41, 5.74) is 4.61. The fourth-order valence-electron chi connectivity index (χ4n) is 4.40. The number of nitrogens with one attached hydrogen (secondary N) is 1. The van der Waals surface area contributed by atoms with E-state index in [1.54, 1.807) is 27.5 Å². The van der Waals surface area contributed by atoms with Crippen molar-refractivity contribution < 1.29 is 18.7 Å². The minimum Gasteiger partial charge on any atom is -0.463 e. The summed E-state index contributed by atoms with van der Waals surface area (Å²) < 4.78 is 25.0. The first-order chi connectivity index (χ1) is 18.0. The van der Waals surface area contributed by atoms with Gasteiger partial charge in [0.2, 0.25) is 0 Å². The number of rotatable bonds is 9. The molecular formula is C25H21BrFN7O3. The van der Waals surface area contributed by atoms with Gasteiger partial charge in [0, 0.05) is 30.4 Å². The minimum absolute atomic E-state index is 0.0648. The van der Waals surface area contributed by atoms with E-state index in [9.17, 15) is 14.0 Å². The molecule has 0 unspecified atom stereocenters. The van der Waals surface area contributed by atoms with Crippen molar-refractivity contribution in [3.05, 3.63) is 87.8 Å². The lowest BCUT2D eigenvalue weighted by atomic mass is 10.1. The van der Waals surface area contributed by atoms with E-state index in [0.717, 1.165) is 29.7 Å². The van der Waals surface area contributed by atoms with E-state index in [2.05, 4.69) is 43.6 Å². The molecule has 0 atom stereocenters. The van der Waals surface area contributed by atoms with Crippen LogP contribution in [0.5, 0.6) is 0 Å². The Balaban J connectivity index is 1.17. The predicted octanol–water partition coefficient (Wildman–Crippen LogP) is 3.61. The third-order valence-electron chi connectivity index (χ3n) is 6.36. The third-order valence-corrected chi connectivity index (χ3v) is 6.97. The zero-order valence-corrected chi connectivity index (χ0v) is 21.1. The molecule has 188 valence electrons.